The van der Waals surface area contributed by atoms with Gasteiger partial charge in [-0.05, 0) is 62.2 Å². The molecule has 0 aliphatic heterocycles. The Hall–Kier alpha value is -2.45. The van der Waals surface area contributed by atoms with Gasteiger partial charge in [0.05, 0.1) is 6.54 Å². The van der Waals surface area contributed by atoms with Crippen LogP contribution in [0.25, 0.3) is 0 Å². The van der Waals surface area contributed by atoms with Gasteiger partial charge in [0, 0.05) is 11.3 Å². The molecule has 0 bridgehead atoms. The molecule has 120 valence electrons. The first kappa shape index (κ1) is 16.9. The molecule has 0 radical (unpaired) electrons. The van der Waals surface area contributed by atoms with Crippen molar-refractivity contribution in [2.45, 2.75) is 19.8 Å². The van der Waals surface area contributed by atoms with Crippen LogP contribution in [-0.4, -0.2) is 18.6 Å². The maximum Gasteiger partial charge on any atom is 0.162 e. The number of aromatic nitrogens is 1. The SMILES string of the molecule is CNCC#Cc1cc(F)c(F)c(CCc2cc(C)cc(N)n2)c1. The van der Waals surface area contributed by atoms with Crippen LogP contribution in [-0.2, 0) is 12.8 Å². The lowest BCUT2D eigenvalue weighted by Crippen LogP contribution is -2.04. The molecule has 1 aromatic carbocycles. The van der Waals surface area contributed by atoms with E-state index in [1.807, 2.05) is 13.0 Å². The summed E-state index contributed by atoms with van der Waals surface area (Å²) >= 11 is 0. The smallest absolute Gasteiger partial charge is 0.162 e. The number of nitrogen functional groups attached to an aromatic ring is 1. The van der Waals surface area contributed by atoms with Crippen LogP contribution in [0.4, 0.5) is 14.6 Å². The van der Waals surface area contributed by atoms with Crippen LogP contribution in [0.2, 0.25) is 0 Å². The summed E-state index contributed by atoms with van der Waals surface area (Å²) < 4.78 is 27.7. The number of pyridine rings is 1. The van der Waals surface area contributed by atoms with Crippen molar-refractivity contribution in [3.63, 3.8) is 0 Å². The molecular weight excluding hydrogens is 296 g/mol. The standard InChI is InChI=1S/C18H19F2N3/c1-12-8-15(23-17(21)9-12)6-5-14-10-13(4-3-7-22-2)11-16(19)18(14)20/h8-11,22H,5-7H2,1-2H3,(H2,21,23). The second-order valence-electron chi connectivity index (χ2n) is 5.32. The van der Waals surface area contributed by atoms with E-state index in [9.17, 15) is 8.78 Å². The van der Waals surface area contributed by atoms with E-state index in [-0.39, 0.29) is 0 Å². The van der Waals surface area contributed by atoms with Crippen molar-refractivity contribution in [3.05, 3.63) is 58.3 Å². The molecule has 0 aliphatic rings. The largest absolute Gasteiger partial charge is 0.384 e. The second-order valence-corrected chi connectivity index (χ2v) is 5.32. The Morgan fingerprint density at radius 3 is 2.65 bits per heavy atom. The fourth-order valence-electron chi connectivity index (χ4n) is 2.29. The van der Waals surface area contributed by atoms with Crippen molar-refractivity contribution in [1.82, 2.24) is 10.3 Å². The first-order valence-electron chi connectivity index (χ1n) is 7.34. The molecular formula is C18H19F2N3. The summed E-state index contributed by atoms with van der Waals surface area (Å²) in [6, 6.07) is 6.35. The zero-order valence-electron chi connectivity index (χ0n) is 13.2. The minimum Gasteiger partial charge on any atom is -0.384 e. The lowest BCUT2D eigenvalue weighted by molar-refractivity contribution is 0.498. The number of nitrogens with two attached hydrogens (primary N) is 1. The van der Waals surface area contributed by atoms with Crippen LogP contribution < -0.4 is 11.1 Å². The number of aryl methyl sites for hydroxylation is 3. The van der Waals surface area contributed by atoms with Gasteiger partial charge in [0.1, 0.15) is 5.82 Å². The molecule has 2 rings (SSSR count). The van der Waals surface area contributed by atoms with E-state index in [4.69, 9.17) is 5.73 Å². The number of anilines is 1. The third-order valence-corrected chi connectivity index (χ3v) is 3.29. The minimum atomic E-state index is -0.882. The van der Waals surface area contributed by atoms with E-state index >= 15 is 0 Å². The number of hydrogen-bond acceptors (Lipinski definition) is 3. The molecule has 0 aliphatic carbocycles. The number of nitrogens with zero attached hydrogens (tertiary/aromatic N) is 1. The highest BCUT2D eigenvalue weighted by molar-refractivity contribution is 5.39. The Balaban J connectivity index is 2.20. The quantitative estimate of drug-likeness (QED) is 0.853. The Bertz CT molecular complexity index is 741. The summed E-state index contributed by atoms with van der Waals surface area (Å²) in [7, 11) is 1.77. The molecule has 3 nitrogen and oxygen atoms in total. The van der Waals surface area contributed by atoms with Crippen LogP contribution in [0.3, 0.4) is 0 Å². The molecule has 0 amide bonds. The third-order valence-electron chi connectivity index (χ3n) is 3.29. The van der Waals surface area contributed by atoms with Gasteiger partial charge in [-0.3, -0.25) is 0 Å². The summed E-state index contributed by atoms with van der Waals surface area (Å²) in [5, 5.41) is 2.87. The maximum atomic E-state index is 14.0. The molecule has 0 spiro atoms. The van der Waals surface area contributed by atoms with E-state index in [0.29, 0.717) is 36.3 Å². The number of benzene rings is 1. The predicted molar refractivity (Wildman–Crippen MR) is 88.0 cm³/mol. The van der Waals surface area contributed by atoms with Crippen LogP contribution in [0.5, 0.6) is 0 Å². The van der Waals surface area contributed by atoms with Crippen molar-refractivity contribution in [1.29, 1.82) is 0 Å². The number of hydrogen-bond donors (Lipinski definition) is 2. The predicted octanol–water partition coefficient (Wildman–Crippen LogP) is 2.61. The van der Waals surface area contributed by atoms with Crippen molar-refractivity contribution in [2.75, 3.05) is 19.3 Å². The molecule has 3 N–H and O–H groups in total. The van der Waals surface area contributed by atoms with E-state index in [2.05, 4.69) is 22.1 Å². The van der Waals surface area contributed by atoms with Gasteiger partial charge < -0.3 is 11.1 Å². The normalized spacial score (nSPS) is 10.3. The first-order valence-corrected chi connectivity index (χ1v) is 7.34. The van der Waals surface area contributed by atoms with Gasteiger partial charge in [-0.25, -0.2) is 13.8 Å². The molecule has 0 unspecified atom stereocenters. The minimum absolute atomic E-state index is 0.292. The lowest BCUT2D eigenvalue weighted by atomic mass is 10.0. The maximum absolute atomic E-state index is 14.0. The summed E-state index contributed by atoms with van der Waals surface area (Å²) in [5.74, 6) is 4.37. The zero-order valence-corrected chi connectivity index (χ0v) is 13.2. The van der Waals surface area contributed by atoms with E-state index < -0.39 is 11.6 Å². The number of nitrogens with one attached hydrogen (secondary N) is 1. The fraction of sp³-hybridized carbons (Fsp3) is 0.278. The summed E-state index contributed by atoms with van der Waals surface area (Å²) in [6.07, 6.45) is 0.815. The second kappa shape index (κ2) is 7.70. The molecule has 5 heteroatoms. The average Bonchev–Trinajstić information content (AvgIpc) is 2.48. The van der Waals surface area contributed by atoms with Gasteiger partial charge >= 0.3 is 0 Å². The van der Waals surface area contributed by atoms with Gasteiger partial charge in [0.2, 0.25) is 0 Å². The van der Waals surface area contributed by atoms with E-state index in [1.165, 1.54) is 0 Å². The average molecular weight is 315 g/mol. The van der Waals surface area contributed by atoms with Gasteiger partial charge in [0.15, 0.2) is 11.6 Å². The van der Waals surface area contributed by atoms with Crippen molar-refractivity contribution in [2.24, 2.45) is 0 Å². The van der Waals surface area contributed by atoms with Crippen LogP contribution in [0.1, 0.15) is 22.4 Å². The summed E-state index contributed by atoms with van der Waals surface area (Å²) in [4.78, 5) is 4.21. The Morgan fingerprint density at radius 2 is 1.96 bits per heavy atom. The van der Waals surface area contributed by atoms with Crippen molar-refractivity contribution < 1.29 is 8.78 Å². The van der Waals surface area contributed by atoms with Gasteiger partial charge in [-0.15, -0.1) is 0 Å². The highest BCUT2D eigenvalue weighted by Crippen LogP contribution is 2.17. The topological polar surface area (TPSA) is 50.9 Å². The Labute approximate surface area is 134 Å². The molecule has 0 saturated heterocycles. The van der Waals surface area contributed by atoms with Crippen LogP contribution >= 0.6 is 0 Å². The fourth-order valence-corrected chi connectivity index (χ4v) is 2.29. The molecule has 0 saturated carbocycles. The Kier molecular flexibility index (Phi) is 5.67. The first-order chi connectivity index (χ1) is 11.0. The molecule has 0 fully saturated rings. The van der Waals surface area contributed by atoms with Crippen molar-refractivity contribution >= 4 is 5.82 Å². The summed E-state index contributed by atoms with van der Waals surface area (Å²) in [5.41, 5.74) is 8.21. The summed E-state index contributed by atoms with van der Waals surface area (Å²) in [6.45, 7) is 2.40. The molecule has 0 atom stereocenters. The number of halogens is 2. The molecule has 2 aromatic rings. The van der Waals surface area contributed by atoms with E-state index in [1.54, 1.807) is 19.2 Å². The monoisotopic (exact) mass is 315 g/mol. The van der Waals surface area contributed by atoms with Crippen LogP contribution in [0, 0.1) is 30.4 Å². The zero-order chi connectivity index (χ0) is 16.8. The molecule has 1 aromatic heterocycles. The lowest BCUT2D eigenvalue weighted by Gasteiger charge is -2.07. The third kappa shape index (κ3) is 4.76. The van der Waals surface area contributed by atoms with Crippen LogP contribution in [0.15, 0.2) is 24.3 Å². The highest BCUT2D eigenvalue weighted by atomic mass is 19.2. The van der Waals surface area contributed by atoms with Crippen molar-refractivity contribution in [3.8, 4) is 11.8 Å². The van der Waals surface area contributed by atoms with Gasteiger partial charge in [-0.1, -0.05) is 11.8 Å². The van der Waals surface area contributed by atoms with E-state index in [0.717, 1.165) is 17.3 Å². The molecule has 23 heavy (non-hydrogen) atoms. The van der Waals surface area contributed by atoms with Gasteiger partial charge in [0.25, 0.3) is 0 Å². The number of rotatable bonds is 4. The van der Waals surface area contributed by atoms with Gasteiger partial charge in [-0.2, -0.15) is 0 Å². The highest BCUT2D eigenvalue weighted by Gasteiger charge is 2.11. The Morgan fingerprint density at radius 1 is 1.17 bits per heavy atom. The molecule has 1 heterocycles.